The fourth-order valence-electron chi connectivity index (χ4n) is 2.05. The number of anilines is 1. The van der Waals surface area contributed by atoms with Gasteiger partial charge in [-0.25, -0.2) is 18.0 Å². The third-order valence-corrected chi connectivity index (χ3v) is 3.69. The van der Waals surface area contributed by atoms with Gasteiger partial charge in [-0.05, 0) is 49.7 Å². The molecule has 2 rings (SSSR count). The number of hydrogen-bond donors (Lipinski definition) is 1. The summed E-state index contributed by atoms with van der Waals surface area (Å²) in [6.45, 7) is 2.50. The van der Waals surface area contributed by atoms with Gasteiger partial charge in [0, 0.05) is 5.02 Å². The topological polar surface area (TPSA) is 64.6 Å². The molecule has 0 heterocycles. The second-order valence-electron chi connectivity index (χ2n) is 5.54. The second kappa shape index (κ2) is 8.77. The van der Waals surface area contributed by atoms with Gasteiger partial charge < -0.3 is 14.8 Å². The molecule has 1 amide bonds. The lowest BCUT2D eigenvalue weighted by Gasteiger charge is -2.15. The van der Waals surface area contributed by atoms with Crippen LogP contribution in [0.15, 0.2) is 30.3 Å². The summed E-state index contributed by atoms with van der Waals surface area (Å²) in [5.41, 5.74) is 0.129. The number of ether oxygens (including phenoxy) is 2. The molecule has 0 saturated heterocycles. The van der Waals surface area contributed by atoms with Crippen molar-refractivity contribution in [3.8, 4) is 5.75 Å². The van der Waals surface area contributed by atoms with E-state index in [0.717, 1.165) is 6.07 Å². The van der Waals surface area contributed by atoms with Crippen LogP contribution in [-0.4, -0.2) is 24.6 Å². The van der Waals surface area contributed by atoms with Crippen LogP contribution in [0.25, 0.3) is 0 Å². The van der Waals surface area contributed by atoms with Crippen molar-refractivity contribution < 1.29 is 32.2 Å². The molecule has 2 aromatic carbocycles. The van der Waals surface area contributed by atoms with E-state index in [9.17, 15) is 22.8 Å². The number of esters is 1. The Labute approximate surface area is 158 Å². The molecular weight excluding hydrogens is 387 g/mol. The molecule has 0 aliphatic carbocycles. The highest BCUT2D eigenvalue weighted by molar-refractivity contribution is 6.30. The summed E-state index contributed by atoms with van der Waals surface area (Å²) in [5, 5.41) is 2.53. The van der Waals surface area contributed by atoms with Crippen LogP contribution < -0.4 is 10.1 Å². The Kier molecular flexibility index (Phi) is 6.68. The van der Waals surface area contributed by atoms with Gasteiger partial charge in [0.05, 0.1) is 5.69 Å². The summed E-state index contributed by atoms with van der Waals surface area (Å²) in [6, 6.07) is 6.32. The molecule has 9 heteroatoms. The Morgan fingerprint density at radius 3 is 2.52 bits per heavy atom. The molecule has 27 heavy (non-hydrogen) atoms. The van der Waals surface area contributed by atoms with Crippen LogP contribution in [0, 0.1) is 24.4 Å². The normalized spacial score (nSPS) is 11.6. The highest BCUT2D eigenvalue weighted by Crippen LogP contribution is 2.22. The molecule has 0 fully saturated rings. The lowest BCUT2D eigenvalue weighted by Crippen LogP contribution is -2.32. The highest BCUT2D eigenvalue weighted by atomic mass is 35.5. The predicted molar refractivity (Wildman–Crippen MR) is 92.2 cm³/mol. The summed E-state index contributed by atoms with van der Waals surface area (Å²) >= 11 is 5.82. The molecular formula is C18H15ClF3NO4. The van der Waals surface area contributed by atoms with Crippen LogP contribution in [0.5, 0.6) is 5.75 Å². The number of rotatable bonds is 6. The van der Waals surface area contributed by atoms with Crippen LogP contribution in [0.4, 0.5) is 18.9 Å². The lowest BCUT2D eigenvalue weighted by molar-refractivity contribution is -0.155. The van der Waals surface area contributed by atoms with Crippen molar-refractivity contribution in [2.45, 2.75) is 20.0 Å². The summed E-state index contributed by atoms with van der Waals surface area (Å²) in [7, 11) is 0. The molecule has 2 aromatic rings. The smallest absolute Gasteiger partial charge is 0.344 e. The van der Waals surface area contributed by atoms with Gasteiger partial charge in [0.25, 0.3) is 5.91 Å². The molecule has 0 saturated carbocycles. The minimum atomic E-state index is -1.72. The summed E-state index contributed by atoms with van der Waals surface area (Å²) in [5.74, 6) is -6.02. The minimum absolute atomic E-state index is 0.414. The average molecular weight is 402 g/mol. The Morgan fingerprint density at radius 2 is 1.85 bits per heavy atom. The predicted octanol–water partition coefficient (Wildman–Crippen LogP) is 4.01. The van der Waals surface area contributed by atoms with Crippen LogP contribution in [0.3, 0.4) is 0 Å². The Morgan fingerprint density at radius 1 is 1.15 bits per heavy atom. The van der Waals surface area contributed by atoms with E-state index in [4.69, 9.17) is 21.1 Å². The molecule has 1 N–H and O–H groups in total. The molecule has 0 bridgehead atoms. The van der Waals surface area contributed by atoms with Crippen LogP contribution in [-0.2, 0) is 14.3 Å². The molecule has 0 spiro atoms. The lowest BCUT2D eigenvalue weighted by atomic mass is 10.2. The quantitative estimate of drug-likeness (QED) is 0.586. The van der Waals surface area contributed by atoms with Crippen molar-refractivity contribution >= 4 is 29.2 Å². The summed E-state index contributed by atoms with van der Waals surface area (Å²) in [4.78, 5) is 23.7. The third-order valence-electron chi connectivity index (χ3n) is 3.45. The van der Waals surface area contributed by atoms with Gasteiger partial charge in [-0.3, -0.25) is 4.79 Å². The van der Waals surface area contributed by atoms with Crippen LogP contribution in [0.1, 0.15) is 12.5 Å². The van der Waals surface area contributed by atoms with E-state index in [-0.39, 0.29) is 0 Å². The Hall–Kier alpha value is -2.74. The number of benzene rings is 2. The van der Waals surface area contributed by atoms with E-state index >= 15 is 0 Å². The van der Waals surface area contributed by atoms with Crippen LogP contribution >= 0.6 is 11.6 Å². The molecule has 0 unspecified atom stereocenters. The van der Waals surface area contributed by atoms with Crippen molar-refractivity contribution in [1.29, 1.82) is 0 Å². The number of hydrogen-bond acceptors (Lipinski definition) is 4. The monoisotopic (exact) mass is 401 g/mol. The highest BCUT2D eigenvalue weighted by Gasteiger charge is 2.21. The maximum absolute atomic E-state index is 13.6. The van der Waals surface area contributed by atoms with Gasteiger partial charge in [0.15, 0.2) is 30.2 Å². The fourth-order valence-corrected chi connectivity index (χ4v) is 2.28. The van der Waals surface area contributed by atoms with Gasteiger partial charge >= 0.3 is 5.97 Å². The number of carbonyl (C=O) groups is 2. The first-order chi connectivity index (χ1) is 12.7. The zero-order valence-corrected chi connectivity index (χ0v) is 15.1. The van der Waals surface area contributed by atoms with Gasteiger partial charge in [0.2, 0.25) is 0 Å². The standard InChI is InChI=1S/C18H15ClF3NO4/c1-9-7-11(19)3-6-14(9)26-8-15(24)27-10(2)18(25)23-13-5-4-12(20)16(21)17(13)22/h3-7,10H,8H2,1-2H3,(H,23,25)/t10-/m1/s1. The van der Waals surface area contributed by atoms with Gasteiger partial charge in [-0.2, -0.15) is 0 Å². The maximum atomic E-state index is 13.6. The van der Waals surface area contributed by atoms with Gasteiger partial charge in [-0.15, -0.1) is 0 Å². The number of amides is 1. The first kappa shape index (κ1) is 20.6. The number of aryl methyl sites for hydroxylation is 1. The van der Waals surface area contributed by atoms with E-state index in [2.05, 4.69) is 0 Å². The van der Waals surface area contributed by atoms with Crippen molar-refractivity contribution in [2.75, 3.05) is 11.9 Å². The maximum Gasteiger partial charge on any atom is 0.344 e. The first-order valence-corrected chi connectivity index (χ1v) is 8.09. The number of halogens is 4. The minimum Gasteiger partial charge on any atom is -0.482 e. The first-order valence-electron chi connectivity index (χ1n) is 7.72. The average Bonchev–Trinajstić information content (AvgIpc) is 2.61. The van der Waals surface area contributed by atoms with Gasteiger partial charge in [0.1, 0.15) is 5.75 Å². The molecule has 0 aliphatic rings. The van der Waals surface area contributed by atoms with E-state index < -0.39 is 47.7 Å². The van der Waals surface area contributed by atoms with E-state index in [1.165, 1.54) is 6.92 Å². The summed E-state index contributed by atoms with van der Waals surface area (Å²) < 4.78 is 49.8. The SMILES string of the molecule is Cc1cc(Cl)ccc1OCC(=O)O[C@H](C)C(=O)Nc1ccc(F)c(F)c1F. The van der Waals surface area contributed by atoms with Crippen molar-refractivity contribution in [1.82, 2.24) is 0 Å². The molecule has 0 aromatic heterocycles. The molecule has 0 radical (unpaired) electrons. The molecule has 144 valence electrons. The van der Waals surface area contributed by atoms with E-state index in [1.54, 1.807) is 25.1 Å². The summed E-state index contributed by atoms with van der Waals surface area (Å²) in [6.07, 6.45) is -1.32. The zero-order chi connectivity index (χ0) is 20.1. The number of carbonyl (C=O) groups excluding carboxylic acids is 2. The van der Waals surface area contributed by atoms with Crippen molar-refractivity contribution in [3.05, 3.63) is 58.4 Å². The zero-order valence-electron chi connectivity index (χ0n) is 14.3. The molecule has 0 aliphatic heterocycles. The van der Waals surface area contributed by atoms with E-state index in [0.29, 0.717) is 22.4 Å². The molecule has 1 atom stereocenters. The second-order valence-corrected chi connectivity index (χ2v) is 5.98. The third kappa shape index (κ3) is 5.37. The van der Waals surface area contributed by atoms with E-state index in [1.807, 2.05) is 5.32 Å². The van der Waals surface area contributed by atoms with Gasteiger partial charge in [-0.1, -0.05) is 11.6 Å². The van der Waals surface area contributed by atoms with Crippen molar-refractivity contribution in [2.24, 2.45) is 0 Å². The number of nitrogens with one attached hydrogen (secondary N) is 1. The molecule has 5 nitrogen and oxygen atoms in total. The fraction of sp³-hybridized carbons (Fsp3) is 0.222. The van der Waals surface area contributed by atoms with Crippen LogP contribution in [0.2, 0.25) is 5.02 Å². The Bertz CT molecular complexity index is 876. The Balaban J connectivity index is 1.90. The largest absolute Gasteiger partial charge is 0.482 e. The van der Waals surface area contributed by atoms with Crippen molar-refractivity contribution in [3.63, 3.8) is 0 Å².